The monoisotopic (exact) mass is 242 g/mol. The van der Waals surface area contributed by atoms with E-state index in [2.05, 4.69) is 13.8 Å². The Morgan fingerprint density at radius 3 is 1.61 bits per heavy atom. The van der Waals surface area contributed by atoms with Crippen LogP contribution in [0.1, 0.15) is 22.3 Å². The highest BCUT2D eigenvalue weighted by Crippen LogP contribution is 2.13. The first kappa shape index (κ1) is 14.1. The van der Waals surface area contributed by atoms with Crippen molar-refractivity contribution in [3.63, 3.8) is 0 Å². The molecule has 0 aliphatic rings. The lowest BCUT2D eigenvalue weighted by Gasteiger charge is -2.00. The molecule has 4 N–H and O–H groups in total. The van der Waals surface area contributed by atoms with Crippen molar-refractivity contribution in [3.05, 3.63) is 58.7 Å². The van der Waals surface area contributed by atoms with Crippen LogP contribution in [-0.4, -0.2) is 0 Å². The van der Waals surface area contributed by atoms with Gasteiger partial charge in [-0.15, -0.1) is 0 Å². The zero-order valence-electron chi connectivity index (χ0n) is 11.6. The third kappa shape index (κ3) is 3.81. The number of rotatable bonds is 0. The third-order valence-electron chi connectivity index (χ3n) is 3.07. The van der Waals surface area contributed by atoms with Crippen LogP contribution < -0.4 is 11.5 Å². The highest BCUT2D eigenvalue weighted by atomic mass is 14.6. The Morgan fingerprint density at radius 2 is 1.22 bits per heavy atom. The molecule has 0 aliphatic carbocycles. The lowest BCUT2D eigenvalue weighted by molar-refractivity contribution is 1.34. The summed E-state index contributed by atoms with van der Waals surface area (Å²) in [7, 11) is 0. The van der Waals surface area contributed by atoms with Gasteiger partial charge in [-0.2, -0.15) is 0 Å². The van der Waals surface area contributed by atoms with Gasteiger partial charge < -0.3 is 11.5 Å². The van der Waals surface area contributed by atoms with Crippen LogP contribution in [0.5, 0.6) is 0 Å². The summed E-state index contributed by atoms with van der Waals surface area (Å²) in [5.41, 5.74) is 17.8. The van der Waals surface area contributed by atoms with Gasteiger partial charge >= 0.3 is 0 Å². The Morgan fingerprint density at radius 1 is 0.667 bits per heavy atom. The molecule has 2 aromatic carbocycles. The highest BCUT2D eigenvalue weighted by Gasteiger charge is 1.92. The predicted molar refractivity (Wildman–Crippen MR) is 80.7 cm³/mol. The summed E-state index contributed by atoms with van der Waals surface area (Å²) >= 11 is 0. The van der Waals surface area contributed by atoms with Crippen molar-refractivity contribution in [2.75, 3.05) is 11.5 Å². The molecule has 0 aliphatic heterocycles. The van der Waals surface area contributed by atoms with Crippen LogP contribution in [0.15, 0.2) is 36.4 Å². The second-order valence-corrected chi connectivity index (χ2v) is 4.65. The van der Waals surface area contributed by atoms with Crippen molar-refractivity contribution in [1.29, 1.82) is 0 Å². The van der Waals surface area contributed by atoms with Crippen LogP contribution in [0, 0.1) is 27.7 Å². The maximum Gasteiger partial charge on any atom is 0.0373 e. The number of anilines is 2. The molecule has 2 nitrogen and oxygen atoms in total. The summed E-state index contributed by atoms with van der Waals surface area (Å²) in [5.74, 6) is 0. The molecule has 0 saturated heterocycles. The molecule has 0 spiro atoms. The first-order valence-electron chi connectivity index (χ1n) is 6.06. The SMILES string of the molecule is Cc1ccc(N)cc1C.Cc1cccc(C)c1N. The molecule has 0 aromatic heterocycles. The number of benzene rings is 2. The van der Waals surface area contributed by atoms with Crippen molar-refractivity contribution in [2.24, 2.45) is 0 Å². The molecule has 0 radical (unpaired) electrons. The highest BCUT2D eigenvalue weighted by molar-refractivity contribution is 5.52. The van der Waals surface area contributed by atoms with E-state index in [0.717, 1.165) is 22.5 Å². The van der Waals surface area contributed by atoms with E-state index in [-0.39, 0.29) is 0 Å². The van der Waals surface area contributed by atoms with Gasteiger partial charge in [-0.05, 0) is 62.1 Å². The van der Waals surface area contributed by atoms with Crippen molar-refractivity contribution in [2.45, 2.75) is 27.7 Å². The standard InChI is InChI=1S/2C8H11N/c1-6-3-4-8(9)5-7(6)2;1-6-4-3-5-7(2)8(6)9/h2*3-5H,9H2,1-2H3. The molecule has 0 amide bonds. The second kappa shape index (κ2) is 6.10. The molecule has 0 fully saturated rings. The molecule has 0 bridgehead atoms. The summed E-state index contributed by atoms with van der Waals surface area (Å²) in [5, 5.41) is 0. The minimum absolute atomic E-state index is 0.845. The van der Waals surface area contributed by atoms with Crippen LogP contribution in [0.3, 0.4) is 0 Å². The maximum absolute atomic E-state index is 5.68. The normalized spacial score (nSPS) is 9.56. The molecular formula is C16H22N2. The van der Waals surface area contributed by atoms with Crippen LogP contribution in [0.2, 0.25) is 0 Å². The number of hydrogen-bond donors (Lipinski definition) is 2. The van der Waals surface area contributed by atoms with E-state index in [4.69, 9.17) is 11.5 Å². The van der Waals surface area contributed by atoms with Crippen LogP contribution in [0.25, 0.3) is 0 Å². The topological polar surface area (TPSA) is 52.0 Å². The smallest absolute Gasteiger partial charge is 0.0373 e. The van der Waals surface area contributed by atoms with E-state index in [1.165, 1.54) is 11.1 Å². The maximum atomic E-state index is 5.68. The Kier molecular flexibility index (Phi) is 4.78. The summed E-state index contributed by atoms with van der Waals surface area (Å²) in [6.45, 7) is 8.17. The molecule has 0 saturated carbocycles. The number of nitrogen functional groups attached to an aromatic ring is 2. The molecule has 2 rings (SSSR count). The van der Waals surface area contributed by atoms with Crippen molar-refractivity contribution in [1.82, 2.24) is 0 Å². The van der Waals surface area contributed by atoms with Gasteiger partial charge in [0.25, 0.3) is 0 Å². The van der Waals surface area contributed by atoms with Crippen molar-refractivity contribution in [3.8, 4) is 0 Å². The van der Waals surface area contributed by atoms with Gasteiger partial charge in [0.1, 0.15) is 0 Å². The molecule has 96 valence electrons. The van der Waals surface area contributed by atoms with E-state index >= 15 is 0 Å². The van der Waals surface area contributed by atoms with E-state index in [9.17, 15) is 0 Å². The molecule has 18 heavy (non-hydrogen) atoms. The first-order valence-corrected chi connectivity index (χ1v) is 6.06. The van der Waals surface area contributed by atoms with Gasteiger partial charge in [0.2, 0.25) is 0 Å². The van der Waals surface area contributed by atoms with Crippen LogP contribution in [0.4, 0.5) is 11.4 Å². The Balaban J connectivity index is 0.000000180. The average molecular weight is 242 g/mol. The Hall–Kier alpha value is -1.96. The summed E-state index contributed by atoms with van der Waals surface area (Å²) in [6, 6.07) is 12.0. The van der Waals surface area contributed by atoms with Gasteiger partial charge in [-0.25, -0.2) is 0 Å². The molecular weight excluding hydrogens is 220 g/mol. The molecule has 0 unspecified atom stereocenters. The summed E-state index contributed by atoms with van der Waals surface area (Å²) in [4.78, 5) is 0. The first-order chi connectivity index (χ1) is 8.41. The quantitative estimate of drug-likeness (QED) is 0.691. The zero-order valence-corrected chi connectivity index (χ0v) is 11.6. The molecule has 2 heteroatoms. The zero-order chi connectivity index (χ0) is 13.7. The largest absolute Gasteiger partial charge is 0.399 e. The predicted octanol–water partition coefficient (Wildman–Crippen LogP) is 3.77. The second-order valence-electron chi connectivity index (χ2n) is 4.65. The van der Waals surface area contributed by atoms with Gasteiger partial charge in [0.05, 0.1) is 0 Å². The van der Waals surface area contributed by atoms with E-state index in [1.807, 2.05) is 50.2 Å². The average Bonchev–Trinajstić information content (AvgIpc) is 2.32. The van der Waals surface area contributed by atoms with E-state index in [1.54, 1.807) is 0 Å². The van der Waals surface area contributed by atoms with Gasteiger partial charge in [0.15, 0.2) is 0 Å². The summed E-state index contributed by atoms with van der Waals surface area (Å²) < 4.78 is 0. The fourth-order valence-corrected chi connectivity index (χ4v) is 1.59. The van der Waals surface area contributed by atoms with Crippen LogP contribution >= 0.6 is 0 Å². The molecule has 2 aromatic rings. The number of aryl methyl sites for hydroxylation is 4. The van der Waals surface area contributed by atoms with Gasteiger partial charge in [0, 0.05) is 11.4 Å². The number of hydrogen-bond acceptors (Lipinski definition) is 2. The van der Waals surface area contributed by atoms with E-state index in [0.29, 0.717) is 0 Å². The van der Waals surface area contributed by atoms with Gasteiger partial charge in [-0.3, -0.25) is 0 Å². The van der Waals surface area contributed by atoms with Crippen molar-refractivity contribution < 1.29 is 0 Å². The van der Waals surface area contributed by atoms with Crippen LogP contribution in [-0.2, 0) is 0 Å². The number of para-hydroxylation sites is 1. The minimum atomic E-state index is 0.845. The van der Waals surface area contributed by atoms with Gasteiger partial charge in [-0.1, -0.05) is 24.3 Å². The fourth-order valence-electron chi connectivity index (χ4n) is 1.59. The summed E-state index contributed by atoms with van der Waals surface area (Å²) in [6.07, 6.45) is 0. The third-order valence-corrected chi connectivity index (χ3v) is 3.07. The fraction of sp³-hybridized carbons (Fsp3) is 0.250. The van der Waals surface area contributed by atoms with Crippen molar-refractivity contribution >= 4 is 11.4 Å². The lowest BCUT2D eigenvalue weighted by atomic mass is 10.1. The molecule has 0 atom stereocenters. The number of nitrogens with two attached hydrogens (primary N) is 2. The minimum Gasteiger partial charge on any atom is -0.399 e. The molecule has 0 heterocycles. The van der Waals surface area contributed by atoms with E-state index < -0.39 is 0 Å². The Bertz CT molecular complexity index is 510. The lowest BCUT2D eigenvalue weighted by Crippen LogP contribution is -1.91. The Labute approximate surface area is 110 Å².